The molecule has 0 aliphatic carbocycles. The number of nitrogens with zero attached hydrogens (tertiary/aromatic N) is 1. The maximum Gasteiger partial charge on any atom is 0.133 e. The van der Waals surface area contributed by atoms with Gasteiger partial charge in [-0.1, -0.05) is 23.6 Å². The summed E-state index contributed by atoms with van der Waals surface area (Å²) in [5.41, 5.74) is 1.52. The standard InChI is InChI=1S/C8H6ClN/c1-3-7-5-4-6(2)8(9)10-7/h1,4-5H,2H3. The van der Waals surface area contributed by atoms with E-state index in [0.29, 0.717) is 10.8 Å². The van der Waals surface area contributed by atoms with E-state index < -0.39 is 0 Å². The van der Waals surface area contributed by atoms with Crippen LogP contribution in [0.25, 0.3) is 0 Å². The van der Waals surface area contributed by atoms with E-state index in [1.54, 1.807) is 6.07 Å². The Kier molecular flexibility index (Phi) is 1.94. The van der Waals surface area contributed by atoms with Crippen LogP contribution in [-0.4, -0.2) is 4.98 Å². The zero-order valence-electron chi connectivity index (χ0n) is 5.56. The molecule has 0 spiro atoms. The van der Waals surface area contributed by atoms with Crippen molar-refractivity contribution in [2.45, 2.75) is 6.92 Å². The molecule has 0 amide bonds. The molecule has 10 heavy (non-hydrogen) atoms. The largest absolute Gasteiger partial charge is 0.227 e. The third-order valence-corrected chi connectivity index (χ3v) is 1.57. The van der Waals surface area contributed by atoms with Gasteiger partial charge in [0, 0.05) is 0 Å². The molecular formula is C8H6ClN. The number of hydrogen-bond acceptors (Lipinski definition) is 1. The van der Waals surface area contributed by atoms with Gasteiger partial charge >= 0.3 is 0 Å². The van der Waals surface area contributed by atoms with Crippen LogP contribution in [0.1, 0.15) is 11.3 Å². The predicted molar refractivity (Wildman–Crippen MR) is 41.9 cm³/mol. The normalized spacial score (nSPS) is 8.90. The Morgan fingerprint density at radius 2 is 2.30 bits per heavy atom. The zero-order chi connectivity index (χ0) is 7.56. The molecule has 1 heterocycles. The number of rotatable bonds is 0. The third kappa shape index (κ3) is 1.29. The number of halogens is 1. The molecule has 0 radical (unpaired) electrons. The maximum atomic E-state index is 5.69. The van der Waals surface area contributed by atoms with Gasteiger partial charge < -0.3 is 0 Å². The molecular weight excluding hydrogens is 146 g/mol. The van der Waals surface area contributed by atoms with E-state index in [1.165, 1.54) is 0 Å². The van der Waals surface area contributed by atoms with Crippen LogP contribution in [-0.2, 0) is 0 Å². The van der Waals surface area contributed by atoms with Crippen molar-refractivity contribution in [3.8, 4) is 12.3 Å². The van der Waals surface area contributed by atoms with Crippen LogP contribution >= 0.6 is 11.6 Å². The first-order valence-electron chi connectivity index (χ1n) is 2.84. The minimum atomic E-state index is 0.482. The Balaban J connectivity index is 3.20. The SMILES string of the molecule is C#Cc1ccc(C)c(Cl)n1. The minimum Gasteiger partial charge on any atom is -0.227 e. The summed E-state index contributed by atoms with van der Waals surface area (Å²) < 4.78 is 0. The average Bonchev–Trinajstić information content (AvgIpc) is 1.95. The number of pyridine rings is 1. The monoisotopic (exact) mass is 151 g/mol. The summed E-state index contributed by atoms with van der Waals surface area (Å²) in [4.78, 5) is 3.92. The molecule has 1 nitrogen and oxygen atoms in total. The van der Waals surface area contributed by atoms with Crippen molar-refractivity contribution < 1.29 is 0 Å². The summed E-state index contributed by atoms with van der Waals surface area (Å²) in [6.07, 6.45) is 5.10. The number of terminal acetylenes is 1. The average molecular weight is 152 g/mol. The fourth-order valence-corrected chi connectivity index (χ4v) is 0.738. The van der Waals surface area contributed by atoms with Gasteiger partial charge in [-0.15, -0.1) is 6.42 Å². The quantitative estimate of drug-likeness (QED) is 0.409. The van der Waals surface area contributed by atoms with Crippen LogP contribution in [0.2, 0.25) is 5.15 Å². The van der Waals surface area contributed by atoms with Gasteiger partial charge in [0.25, 0.3) is 0 Å². The lowest BCUT2D eigenvalue weighted by atomic mass is 10.3. The van der Waals surface area contributed by atoms with Crippen LogP contribution in [0.3, 0.4) is 0 Å². The second-order valence-corrected chi connectivity index (χ2v) is 2.31. The van der Waals surface area contributed by atoms with Crippen molar-refractivity contribution in [2.24, 2.45) is 0 Å². The van der Waals surface area contributed by atoms with Crippen molar-refractivity contribution in [2.75, 3.05) is 0 Å². The molecule has 0 saturated heterocycles. The Morgan fingerprint density at radius 3 is 2.80 bits per heavy atom. The third-order valence-electron chi connectivity index (χ3n) is 1.18. The number of aryl methyl sites for hydroxylation is 1. The van der Waals surface area contributed by atoms with Gasteiger partial charge in [0.2, 0.25) is 0 Å². The van der Waals surface area contributed by atoms with Gasteiger partial charge in [0.05, 0.1) is 0 Å². The molecule has 0 aliphatic heterocycles. The second-order valence-electron chi connectivity index (χ2n) is 1.95. The van der Waals surface area contributed by atoms with Gasteiger partial charge in [-0.25, -0.2) is 4.98 Å². The highest BCUT2D eigenvalue weighted by molar-refractivity contribution is 6.30. The van der Waals surface area contributed by atoms with Crippen LogP contribution in [0.5, 0.6) is 0 Å². The van der Waals surface area contributed by atoms with E-state index in [2.05, 4.69) is 10.9 Å². The van der Waals surface area contributed by atoms with E-state index in [1.807, 2.05) is 13.0 Å². The molecule has 0 aromatic carbocycles. The molecule has 0 atom stereocenters. The summed E-state index contributed by atoms with van der Waals surface area (Å²) in [6.45, 7) is 1.88. The maximum absolute atomic E-state index is 5.69. The Labute approximate surface area is 65.0 Å². The topological polar surface area (TPSA) is 12.9 Å². The van der Waals surface area contributed by atoms with Crippen molar-refractivity contribution in [3.63, 3.8) is 0 Å². The van der Waals surface area contributed by atoms with Gasteiger partial charge in [-0.05, 0) is 18.6 Å². The summed E-state index contributed by atoms with van der Waals surface area (Å²) >= 11 is 5.69. The Bertz CT molecular complexity index is 286. The summed E-state index contributed by atoms with van der Waals surface area (Å²) in [5.74, 6) is 2.40. The fraction of sp³-hybridized carbons (Fsp3) is 0.125. The van der Waals surface area contributed by atoms with Crippen molar-refractivity contribution in [1.29, 1.82) is 0 Å². The van der Waals surface area contributed by atoms with Crippen LogP contribution in [0, 0.1) is 19.3 Å². The molecule has 0 N–H and O–H groups in total. The van der Waals surface area contributed by atoms with Crippen LogP contribution < -0.4 is 0 Å². The molecule has 1 rings (SSSR count). The lowest BCUT2D eigenvalue weighted by Crippen LogP contribution is -1.84. The highest BCUT2D eigenvalue weighted by Crippen LogP contribution is 2.10. The first-order valence-corrected chi connectivity index (χ1v) is 3.21. The van der Waals surface area contributed by atoms with Crippen LogP contribution in [0.15, 0.2) is 12.1 Å². The summed E-state index contributed by atoms with van der Waals surface area (Å²) in [5, 5.41) is 0.482. The lowest BCUT2D eigenvalue weighted by molar-refractivity contribution is 1.24. The number of hydrogen-bond donors (Lipinski definition) is 0. The van der Waals surface area contributed by atoms with Crippen LogP contribution in [0.4, 0.5) is 0 Å². The van der Waals surface area contributed by atoms with Crippen molar-refractivity contribution in [1.82, 2.24) is 4.98 Å². The Hall–Kier alpha value is -1.00. The van der Waals surface area contributed by atoms with Gasteiger partial charge in [0.1, 0.15) is 10.8 Å². The van der Waals surface area contributed by atoms with E-state index in [-0.39, 0.29) is 0 Å². The smallest absolute Gasteiger partial charge is 0.133 e. The molecule has 2 heteroatoms. The zero-order valence-corrected chi connectivity index (χ0v) is 6.31. The molecule has 1 aromatic rings. The Morgan fingerprint density at radius 1 is 1.60 bits per heavy atom. The van der Waals surface area contributed by atoms with Crippen molar-refractivity contribution >= 4 is 11.6 Å². The highest BCUT2D eigenvalue weighted by atomic mass is 35.5. The molecule has 0 unspecified atom stereocenters. The minimum absolute atomic E-state index is 0.482. The summed E-state index contributed by atoms with van der Waals surface area (Å²) in [7, 11) is 0. The van der Waals surface area contributed by atoms with E-state index >= 15 is 0 Å². The van der Waals surface area contributed by atoms with Crippen molar-refractivity contribution in [3.05, 3.63) is 28.5 Å². The molecule has 0 aliphatic rings. The first-order chi connectivity index (χ1) is 4.74. The first kappa shape index (κ1) is 7.11. The second kappa shape index (κ2) is 2.72. The van der Waals surface area contributed by atoms with E-state index in [0.717, 1.165) is 5.56 Å². The molecule has 0 fully saturated rings. The molecule has 0 bridgehead atoms. The summed E-state index contributed by atoms with van der Waals surface area (Å²) in [6, 6.07) is 3.62. The van der Waals surface area contributed by atoms with Gasteiger partial charge in [-0.3, -0.25) is 0 Å². The van der Waals surface area contributed by atoms with Gasteiger partial charge in [0.15, 0.2) is 0 Å². The predicted octanol–water partition coefficient (Wildman–Crippen LogP) is 2.02. The molecule has 50 valence electrons. The lowest BCUT2D eigenvalue weighted by Gasteiger charge is -1.94. The molecule has 0 saturated carbocycles. The van der Waals surface area contributed by atoms with E-state index in [4.69, 9.17) is 18.0 Å². The van der Waals surface area contributed by atoms with Gasteiger partial charge in [-0.2, -0.15) is 0 Å². The highest BCUT2D eigenvalue weighted by Gasteiger charge is 1.94. The fourth-order valence-electron chi connectivity index (χ4n) is 0.584. The molecule has 1 aromatic heterocycles. The van der Waals surface area contributed by atoms with E-state index in [9.17, 15) is 0 Å². The number of aromatic nitrogens is 1.